The van der Waals surface area contributed by atoms with Crippen molar-refractivity contribution in [3.05, 3.63) is 53.2 Å². The minimum absolute atomic E-state index is 0.0265. The maximum atomic E-state index is 13.6. The van der Waals surface area contributed by atoms with E-state index in [9.17, 15) is 9.18 Å². The molecule has 0 radical (unpaired) electrons. The maximum absolute atomic E-state index is 13.6. The second kappa shape index (κ2) is 7.27. The number of nitrogens with zero attached hydrogens (tertiary/aromatic N) is 5. The zero-order valence-corrected chi connectivity index (χ0v) is 16.6. The topological polar surface area (TPSA) is 60.4 Å². The Morgan fingerprint density at radius 1 is 1.14 bits per heavy atom. The van der Waals surface area contributed by atoms with E-state index < -0.39 is 0 Å². The van der Waals surface area contributed by atoms with Crippen LogP contribution < -0.4 is 0 Å². The highest BCUT2D eigenvalue weighted by Gasteiger charge is 2.26. The van der Waals surface area contributed by atoms with Crippen molar-refractivity contribution in [3.63, 3.8) is 0 Å². The van der Waals surface area contributed by atoms with Crippen LogP contribution in [0.15, 0.2) is 30.5 Å². The van der Waals surface area contributed by atoms with Crippen molar-refractivity contribution in [3.8, 4) is 0 Å². The molecule has 7 nitrogen and oxygen atoms in total. The van der Waals surface area contributed by atoms with Crippen LogP contribution in [0.4, 0.5) is 4.39 Å². The third kappa shape index (κ3) is 3.54. The number of carbonyl (C=O) groups is 1. The molecular formula is C21H25FN6O. The molecule has 0 atom stereocenters. The maximum Gasteiger partial charge on any atom is 0.274 e. The van der Waals surface area contributed by atoms with E-state index in [1.54, 1.807) is 12.1 Å². The van der Waals surface area contributed by atoms with Gasteiger partial charge in [-0.1, -0.05) is 0 Å². The average Bonchev–Trinajstić information content (AvgIpc) is 3.32. The first-order chi connectivity index (χ1) is 14.1. The van der Waals surface area contributed by atoms with E-state index in [2.05, 4.69) is 26.9 Å². The van der Waals surface area contributed by atoms with Gasteiger partial charge < -0.3 is 14.8 Å². The SMILES string of the molecule is CN1CCN(C(=O)c2cc3n(n2)CCN(Cc2c[nH]c4ccc(F)cc24)C3)CC1. The van der Waals surface area contributed by atoms with E-state index in [1.165, 1.54) is 6.07 Å². The number of hydrogen-bond donors (Lipinski definition) is 1. The van der Waals surface area contributed by atoms with Crippen LogP contribution in [-0.4, -0.2) is 75.1 Å². The molecule has 5 rings (SSSR count). The quantitative estimate of drug-likeness (QED) is 0.735. The lowest BCUT2D eigenvalue weighted by molar-refractivity contribution is 0.0657. The fourth-order valence-electron chi connectivity index (χ4n) is 4.25. The molecule has 8 heteroatoms. The fourth-order valence-corrected chi connectivity index (χ4v) is 4.25. The minimum atomic E-state index is -0.220. The number of amides is 1. The van der Waals surface area contributed by atoms with E-state index in [-0.39, 0.29) is 11.7 Å². The molecule has 1 fully saturated rings. The van der Waals surface area contributed by atoms with Crippen LogP contribution >= 0.6 is 0 Å². The average molecular weight is 396 g/mol. The number of rotatable bonds is 3. The molecule has 1 N–H and O–H groups in total. The highest BCUT2D eigenvalue weighted by molar-refractivity contribution is 5.92. The summed E-state index contributed by atoms with van der Waals surface area (Å²) in [5.41, 5.74) is 3.63. The van der Waals surface area contributed by atoms with Gasteiger partial charge in [-0.3, -0.25) is 14.4 Å². The first-order valence-corrected chi connectivity index (χ1v) is 10.1. The number of halogens is 1. The Balaban J connectivity index is 1.30. The molecule has 1 saturated heterocycles. The third-order valence-electron chi connectivity index (χ3n) is 6.01. The van der Waals surface area contributed by atoms with Gasteiger partial charge in [0.25, 0.3) is 5.91 Å². The number of aromatic amines is 1. The van der Waals surface area contributed by atoms with Gasteiger partial charge in [0.05, 0.1) is 12.2 Å². The Morgan fingerprint density at radius 2 is 1.97 bits per heavy atom. The molecule has 0 spiro atoms. The summed E-state index contributed by atoms with van der Waals surface area (Å²) < 4.78 is 15.6. The number of benzene rings is 1. The van der Waals surface area contributed by atoms with Gasteiger partial charge in [0.1, 0.15) is 5.82 Å². The molecule has 0 unspecified atom stereocenters. The molecule has 1 aromatic carbocycles. The largest absolute Gasteiger partial charge is 0.361 e. The summed E-state index contributed by atoms with van der Waals surface area (Å²) in [5, 5.41) is 5.49. The van der Waals surface area contributed by atoms with Crippen molar-refractivity contribution in [1.29, 1.82) is 0 Å². The second-order valence-electron chi connectivity index (χ2n) is 8.05. The monoisotopic (exact) mass is 396 g/mol. The van der Waals surface area contributed by atoms with Crippen molar-refractivity contribution in [1.82, 2.24) is 29.5 Å². The van der Waals surface area contributed by atoms with Crippen molar-refractivity contribution in [2.75, 3.05) is 39.8 Å². The number of piperazine rings is 1. The number of carbonyl (C=O) groups excluding carboxylic acids is 1. The molecule has 2 aromatic heterocycles. The fraction of sp³-hybridized carbons (Fsp3) is 0.429. The summed E-state index contributed by atoms with van der Waals surface area (Å²) in [6, 6.07) is 6.76. The van der Waals surface area contributed by atoms with Crippen LogP contribution in [0.2, 0.25) is 0 Å². The summed E-state index contributed by atoms with van der Waals surface area (Å²) >= 11 is 0. The van der Waals surface area contributed by atoms with Gasteiger partial charge in [-0.2, -0.15) is 5.10 Å². The van der Waals surface area contributed by atoms with Crippen LogP contribution in [-0.2, 0) is 19.6 Å². The van der Waals surface area contributed by atoms with Gasteiger partial charge in [0, 0.05) is 62.9 Å². The number of nitrogens with one attached hydrogen (secondary N) is 1. The predicted octanol–water partition coefficient (Wildman–Crippen LogP) is 1.91. The highest BCUT2D eigenvalue weighted by atomic mass is 19.1. The van der Waals surface area contributed by atoms with E-state index in [4.69, 9.17) is 0 Å². The number of fused-ring (bicyclic) bond motifs is 2. The van der Waals surface area contributed by atoms with Gasteiger partial charge in [-0.15, -0.1) is 0 Å². The Labute approximate surface area is 168 Å². The highest BCUT2D eigenvalue weighted by Crippen LogP contribution is 2.23. The van der Waals surface area contributed by atoms with Crippen molar-refractivity contribution in [2.24, 2.45) is 0 Å². The standard InChI is InChI=1S/C21H25FN6O/c1-25-4-7-27(8-5-25)21(29)20-11-17-14-26(6-9-28(17)24-20)13-15-12-23-19-3-2-16(22)10-18(15)19/h2-3,10-12,23H,4-9,13-14H2,1H3. The molecule has 1 amide bonds. The Hall–Kier alpha value is -2.71. The molecule has 152 valence electrons. The van der Waals surface area contributed by atoms with Crippen molar-refractivity contribution >= 4 is 16.8 Å². The van der Waals surface area contributed by atoms with Gasteiger partial charge in [0.15, 0.2) is 5.69 Å². The number of H-pyrrole nitrogens is 1. The van der Waals surface area contributed by atoms with Gasteiger partial charge in [0.2, 0.25) is 0 Å². The second-order valence-corrected chi connectivity index (χ2v) is 8.05. The first-order valence-electron chi connectivity index (χ1n) is 10.1. The molecule has 29 heavy (non-hydrogen) atoms. The normalized spacial score (nSPS) is 18.3. The lowest BCUT2D eigenvalue weighted by Crippen LogP contribution is -2.47. The Bertz CT molecular complexity index is 1050. The molecule has 0 bridgehead atoms. The predicted molar refractivity (Wildman–Crippen MR) is 108 cm³/mol. The lowest BCUT2D eigenvalue weighted by atomic mass is 10.1. The zero-order chi connectivity index (χ0) is 20.0. The Morgan fingerprint density at radius 3 is 2.79 bits per heavy atom. The van der Waals surface area contributed by atoms with Crippen molar-refractivity contribution < 1.29 is 9.18 Å². The smallest absolute Gasteiger partial charge is 0.274 e. The number of hydrogen-bond acceptors (Lipinski definition) is 4. The van der Waals surface area contributed by atoms with Crippen LogP contribution in [0, 0.1) is 5.82 Å². The van der Waals surface area contributed by atoms with Crippen LogP contribution in [0.3, 0.4) is 0 Å². The lowest BCUT2D eigenvalue weighted by Gasteiger charge is -2.31. The summed E-state index contributed by atoms with van der Waals surface area (Å²) in [5.74, 6) is -0.194. The van der Waals surface area contributed by atoms with E-state index in [1.807, 2.05) is 21.8 Å². The summed E-state index contributed by atoms with van der Waals surface area (Å²) in [6.07, 6.45) is 1.96. The number of likely N-dealkylation sites (N-methyl/N-ethyl adjacent to an activating group) is 1. The number of aromatic nitrogens is 3. The molecule has 0 saturated carbocycles. The molecule has 4 heterocycles. The molecule has 0 aliphatic carbocycles. The summed E-state index contributed by atoms with van der Waals surface area (Å²) in [7, 11) is 2.08. The third-order valence-corrected chi connectivity index (χ3v) is 6.01. The molecule has 2 aliphatic rings. The molecule has 3 aromatic rings. The first kappa shape index (κ1) is 18.3. The minimum Gasteiger partial charge on any atom is -0.361 e. The summed E-state index contributed by atoms with van der Waals surface area (Å²) in [6.45, 7) is 6.36. The summed E-state index contributed by atoms with van der Waals surface area (Å²) in [4.78, 5) is 22.5. The van der Waals surface area contributed by atoms with Gasteiger partial charge in [-0.05, 0) is 36.9 Å². The van der Waals surface area contributed by atoms with E-state index >= 15 is 0 Å². The van der Waals surface area contributed by atoms with Crippen LogP contribution in [0.1, 0.15) is 21.7 Å². The zero-order valence-electron chi connectivity index (χ0n) is 16.6. The Kier molecular flexibility index (Phi) is 4.60. The van der Waals surface area contributed by atoms with Crippen molar-refractivity contribution in [2.45, 2.75) is 19.6 Å². The van der Waals surface area contributed by atoms with E-state index in [0.29, 0.717) is 5.69 Å². The van der Waals surface area contributed by atoms with Crippen LogP contribution in [0.25, 0.3) is 10.9 Å². The molecular weight excluding hydrogens is 371 g/mol. The van der Waals surface area contributed by atoms with E-state index in [0.717, 1.165) is 74.5 Å². The molecule has 2 aliphatic heterocycles. The van der Waals surface area contributed by atoms with Gasteiger partial charge >= 0.3 is 0 Å². The van der Waals surface area contributed by atoms with Gasteiger partial charge in [-0.25, -0.2) is 4.39 Å². The van der Waals surface area contributed by atoms with Crippen LogP contribution in [0.5, 0.6) is 0 Å².